The van der Waals surface area contributed by atoms with Crippen molar-refractivity contribution in [1.29, 1.82) is 0 Å². The molecule has 10 heteroatoms. The lowest BCUT2D eigenvalue weighted by molar-refractivity contribution is 0.0501. The summed E-state index contributed by atoms with van der Waals surface area (Å²) in [6.45, 7) is 15.6. The molecule has 0 aliphatic carbocycles. The number of rotatable bonds is 24. The van der Waals surface area contributed by atoms with Crippen LogP contribution in [0.15, 0.2) is 36.4 Å². The number of fused-ring (bicyclic) bond motifs is 2. The zero-order valence-corrected chi connectivity index (χ0v) is 43.7. The van der Waals surface area contributed by atoms with Crippen LogP contribution in [0.25, 0.3) is 43.1 Å². The first-order valence-corrected chi connectivity index (χ1v) is 28.0. The van der Waals surface area contributed by atoms with Gasteiger partial charge in [-0.3, -0.25) is 29.0 Å². The minimum absolute atomic E-state index is 0.154. The number of carbonyl (C=O) groups excluding carboxylic acids is 4. The topological polar surface area (TPSA) is 87.7 Å². The molecule has 4 aliphatic heterocycles. The Morgan fingerprint density at radius 1 is 0.371 bits per heavy atom. The second-order valence-electron chi connectivity index (χ2n) is 21.7. The largest absolute Gasteiger partial charge is 0.368 e. The quantitative estimate of drug-likeness (QED) is 0.0262. The summed E-state index contributed by atoms with van der Waals surface area (Å²) in [5.74, 6) is -0.691. The SMILES string of the molecule is CCCCCCC(CCCCCC)N1C(=O)c2ccc3c4c(N5CCN(C)CC5)cc5c6c(ccc(c7c(N8CCN(C)CC8)cc(c2c37)C1=O)c64)C(=O)N(C(CCCCCC)CCCCCC)C5=O. The van der Waals surface area contributed by atoms with Crippen LogP contribution < -0.4 is 9.80 Å². The first-order valence-electron chi connectivity index (χ1n) is 28.0. The summed E-state index contributed by atoms with van der Waals surface area (Å²) in [4.78, 5) is 74.5. The monoisotopic (exact) mass is 951 g/mol. The summed E-state index contributed by atoms with van der Waals surface area (Å²) in [6, 6.07) is 12.3. The number of hydrogen-bond donors (Lipinski definition) is 0. The van der Waals surface area contributed by atoms with Crippen LogP contribution in [0.3, 0.4) is 0 Å². The molecule has 5 aromatic rings. The van der Waals surface area contributed by atoms with E-state index < -0.39 is 0 Å². The number of piperazine rings is 2. The second kappa shape index (κ2) is 22.3. The number of unbranched alkanes of at least 4 members (excludes halogenated alkanes) is 12. The van der Waals surface area contributed by atoms with Crippen molar-refractivity contribution in [3.05, 3.63) is 58.7 Å². The summed E-state index contributed by atoms with van der Waals surface area (Å²) in [6.07, 6.45) is 20.8. The molecule has 4 aliphatic rings. The highest BCUT2D eigenvalue weighted by Gasteiger charge is 2.42. The molecule has 10 nitrogen and oxygen atoms in total. The van der Waals surface area contributed by atoms with Gasteiger partial charge in [0.05, 0.1) is 11.1 Å². The zero-order valence-electron chi connectivity index (χ0n) is 43.7. The number of hydrogen-bond acceptors (Lipinski definition) is 8. The lowest BCUT2D eigenvalue weighted by Gasteiger charge is -2.39. The van der Waals surface area contributed by atoms with Crippen molar-refractivity contribution in [2.24, 2.45) is 0 Å². The minimum atomic E-state index is -0.177. The van der Waals surface area contributed by atoms with E-state index in [2.05, 4.69) is 85.7 Å². The second-order valence-corrected chi connectivity index (χ2v) is 21.7. The van der Waals surface area contributed by atoms with E-state index in [1.54, 1.807) is 9.80 Å². The van der Waals surface area contributed by atoms with Crippen molar-refractivity contribution in [2.75, 3.05) is 76.3 Å². The van der Waals surface area contributed by atoms with E-state index in [9.17, 15) is 0 Å². The average Bonchev–Trinajstić information content (AvgIpc) is 3.37. The number of likely N-dealkylation sites (N-methyl/N-ethyl adjacent to an activating group) is 2. The summed E-state index contributed by atoms with van der Waals surface area (Å²) in [5.41, 5.74) is 4.45. The molecule has 9 rings (SSSR count). The van der Waals surface area contributed by atoms with Gasteiger partial charge in [-0.1, -0.05) is 143 Å². The Balaban J connectivity index is 1.28. The number of nitrogens with zero attached hydrogens (tertiary/aromatic N) is 6. The predicted molar refractivity (Wildman–Crippen MR) is 291 cm³/mol. The Bertz CT molecular complexity index is 2490. The predicted octanol–water partition coefficient (Wildman–Crippen LogP) is 13.1. The van der Waals surface area contributed by atoms with Gasteiger partial charge < -0.3 is 19.6 Å². The first-order chi connectivity index (χ1) is 34.1. The molecule has 0 atom stereocenters. The zero-order chi connectivity index (χ0) is 49.1. The third-order valence-corrected chi connectivity index (χ3v) is 16.8. The third-order valence-electron chi connectivity index (χ3n) is 16.8. The molecule has 0 bridgehead atoms. The van der Waals surface area contributed by atoms with E-state index in [4.69, 9.17) is 0 Å². The Hall–Kier alpha value is -4.80. The lowest BCUT2D eigenvalue weighted by atomic mass is 9.80. The van der Waals surface area contributed by atoms with Crippen LogP contribution in [0.2, 0.25) is 0 Å². The van der Waals surface area contributed by atoms with E-state index in [-0.39, 0.29) is 35.7 Å². The van der Waals surface area contributed by atoms with Crippen LogP contribution in [0, 0.1) is 0 Å². The number of imide groups is 2. The molecule has 70 heavy (non-hydrogen) atoms. The van der Waals surface area contributed by atoms with Crippen molar-refractivity contribution in [3.63, 3.8) is 0 Å². The van der Waals surface area contributed by atoms with E-state index in [0.29, 0.717) is 22.3 Å². The van der Waals surface area contributed by atoms with Crippen LogP contribution in [0.1, 0.15) is 198 Å². The Labute approximate surface area is 418 Å². The molecule has 4 amide bonds. The molecule has 0 N–H and O–H groups in total. The normalized spacial score (nSPS) is 17.3. The number of amides is 4. The van der Waals surface area contributed by atoms with Crippen molar-refractivity contribution in [3.8, 4) is 0 Å². The number of carbonyl (C=O) groups is 4. The number of anilines is 2. The smallest absolute Gasteiger partial charge is 0.261 e. The van der Waals surface area contributed by atoms with Gasteiger partial charge in [0.25, 0.3) is 23.6 Å². The van der Waals surface area contributed by atoms with E-state index in [1.807, 2.05) is 12.1 Å². The average molecular weight is 951 g/mol. The fourth-order valence-electron chi connectivity index (χ4n) is 12.8. The van der Waals surface area contributed by atoms with Crippen molar-refractivity contribution in [2.45, 2.75) is 168 Å². The summed E-state index contributed by atoms with van der Waals surface area (Å²) in [5, 5.41) is 7.39. The maximum Gasteiger partial charge on any atom is 0.261 e. The van der Waals surface area contributed by atoms with Gasteiger partial charge in [-0.05, 0) is 74.8 Å². The molecular weight excluding hydrogens is 869 g/mol. The molecule has 0 spiro atoms. The third kappa shape index (κ3) is 9.41. The molecule has 4 heterocycles. The van der Waals surface area contributed by atoms with Crippen LogP contribution in [-0.2, 0) is 0 Å². The number of benzene rings is 5. The van der Waals surface area contributed by atoms with Gasteiger partial charge in [0.2, 0.25) is 0 Å². The van der Waals surface area contributed by atoms with Crippen LogP contribution in [0.4, 0.5) is 11.4 Å². The van der Waals surface area contributed by atoms with Crippen LogP contribution >= 0.6 is 0 Å². The van der Waals surface area contributed by atoms with Gasteiger partial charge in [-0.2, -0.15) is 0 Å². The molecule has 2 saturated heterocycles. The molecule has 0 unspecified atom stereocenters. The van der Waals surface area contributed by atoms with E-state index >= 15 is 19.2 Å². The fourth-order valence-corrected chi connectivity index (χ4v) is 12.8. The van der Waals surface area contributed by atoms with Gasteiger partial charge in [0, 0.05) is 119 Å². The summed E-state index contributed by atoms with van der Waals surface area (Å²) < 4.78 is 0. The van der Waals surface area contributed by atoms with Gasteiger partial charge in [0.1, 0.15) is 0 Å². The maximum atomic E-state index is 15.5. The molecule has 0 aromatic heterocycles. The van der Waals surface area contributed by atoms with E-state index in [1.165, 1.54) is 0 Å². The van der Waals surface area contributed by atoms with Gasteiger partial charge in [0.15, 0.2) is 0 Å². The maximum absolute atomic E-state index is 15.5. The van der Waals surface area contributed by atoms with E-state index in [0.717, 1.165) is 235 Å². The lowest BCUT2D eigenvalue weighted by Crippen LogP contribution is -2.48. The van der Waals surface area contributed by atoms with Crippen molar-refractivity contribution in [1.82, 2.24) is 19.6 Å². The summed E-state index contributed by atoms with van der Waals surface area (Å²) >= 11 is 0. The Morgan fingerprint density at radius 2 is 0.686 bits per heavy atom. The summed E-state index contributed by atoms with van der Waals surface area (Å²) in [7, 11) is 4.33. The minimum Gasteiger partial charge on any atom is -0.368 e. The van der Waals surface area contributed by atoms with Crippen LogP contribution in [0.5, 0.6) is 0 Å². The molecule has 0 saturated carbocycles. The molecular formula is C60H82N6O4. The molecule has 0 radical (unpaired) electrons. The molecule has 2 fully saturated rings. The highest BCUT2D eigenvalue weighted by atomic mass is 16.2. The highest BCUT2D eigenvalue weighted by Crippen LogP contribution is 2.52. The fraction of sp³-hybridized carbons (Fsp3) is 0.600. The standard InChI is InChI=1S/C60H82N6O4/c1-7-11-15-19-23-41(24-20-16-12-8-2)65-57(67)45-29-27-43-54-50(64-37-33-62(6)34-38-64)40-48-52-46(58(68)66(60(48)70)42(25-21-17-13-9-3)26-22-18-14-10-4)30-28-44(56(52)54)53-49(63-35-31-61(5)32-36-63)39-47(59(65)69)51(45)55(43)53/h27-30,39-42H,7-26,31-38H2,1-6H3. The van der Waals surface area contributed by atoms with Gasteiger partial charge in [-0.15, -0.1) is 0 Å². The van der Waals surface area contributed by atoms with Crippen molar-refractivity contribution >= 4 is 78.1 Å². The molecule has 5 aromatic carbocycles. The van der Waals surface area contributed by atoms with Crippen LogP contribution in [-0.4, -0.2) is 122 Å². The van der Waals surface area contributed by atoms with Gasteiger partial charge in [-0.25, -0.2) is 0 Å². The highest BCUT2D eigenvalue weighted by molar-refractivity contribution is 6.44. The first kappa shape index (κ1) is 50.2. The van der Waals surface area contributed by atoms with Crippen molar-refractivity contribution < 1.29 is 19.2 Å². The Kier molecular flexibility index (Phi) is 16.0. The Morgan fingerprint density at radius 3 is 1.00 bits per heavy atom. The molecule has 376 valence electrons. The van der Waals surface area contributed by atoms with Gasteiger partial charge >= 0.3 is 0 Å².